The van der Waals surface area contributed by atoms with Gasteiger partial charge in [0.2, 0.25) is 0 Å². The van der Waals surface area contributed by atoms with Crippen LogP contribution < -0.4 is 5.73 Å². The minimum atomic E-state index is 0.493. The molecule has 0 fully saturated rings. The molecule has 2 aromatic heterocycles. The van der Waals surface area contributed by atoms with Gasteiger partial charge in [0, 0.05) is 11.8 Å². The highest BCUT2D eigenvalue weighted by molar-refractivity contribution is 5.63. The molecule has 0 aromatic carbocycles. The zero-order valence-electron chi connectivity index (χ0n) is 9.01. The molecule has 0 aliphatic rings. The largest absolute Gasteiger partial charge is 0.384 e. The number of hydrogen-bond donors (Lipinski definition) is 1. The van der Waals surface area contributed by atoms with Crippen LogP contribution in [0.2, 0.25) is 0 Å². The number of nitrogens with two attached hydrogens (primary N) is 1. The van der Waals surface area contributed by atoms with Crippen molar-refractivity contribution < 1.29 is 0 Å². The molecule has 0 amide bonds. The van der Waals surface area contributed by atoms with Crippen LogP contribution in [0.3, 0.4) is 0 Å². The highest BCUT2D eigenvalue weighted by Gasteiger charge is 2.02. The predicted octanol–water partition coefficient (Wildman–Crippen LogP) is 2.15. The molecular weight excluding hydrogens is 200 g/mol. The monoisotopic (exact) mass is 212 g/mol. The first-order chi connectivity index (χ1) is 7.66. The van der Waals surface area contributed by atoms with Crippen molar-refractivity contribution in [3.05, 3.63) is 43.0 Å². The Morgan fingerprint density at radius 1 is 1.25 bits per heavy atom. The van der Waals surface area contributed by atoms with E-state index < -0.39 is 0 Å². The number of nitrogens with zero attached hydrogens (tertiary/aromatic N) is 3. The molecule has 4 nitrogen and oxygen atoms in total. The topological polar surface area (TPSA) is 64.7 Å². The van der Waals surface area contributed by atoms with E-state index in [2.05, 4.69) is 21.5 Å². The molecule has 0 unspecified atom stereocenters. The van der Waals surface area contributed by atoms with Gasteiger partial charge in [-0.2, -0.15) is 0 Å². The molecule has 80 valence electrons. The molecule has 2 rings (SSSR count). The van der Waals surface area contributed by atoms with Gasteiger partial charge in [0.15, 0.2) is 0 Å². The Hall–Kier alpha value is -2.23. The lowest BCUT2D eigenvalue weighted by atomic mass is 10.2. The Kier molecular flexibility index (Phi) is 2.64. The first-order valence-electron chi connectivity index (χ1n) is 4.86. The number of pyridine rings is 1. The van der Waals surface area contributed by atoms with Gasteiger partial charge >= 0.3 is 0 Å². The van der Waals surface area contributed by atoms with Crippen molar-refractivity contribution >= 4 is 11.4 Å². The fraction of sp³-hybridized carbons (Fsp3) is 0.0833. The molecule has 2 N–H and O–H groups in total. The smallest absolute Gasteiger partial charge is 0.123 e. The fourth-order valence-corrected chi connectivity index (χ4v) is 1.27. The summed E-state index contributed by atoms with van der Waals surface area (Å²) in [7, 11) is 0. The molecule has 0 saturated carbocycles. The average molecular weight is 212 g/mol. The number of nitrogen functional groups attached to an aromatic ring is 1. The lowest BCUT2D eigenvalue weighted by Crippen LogP contribution is -1.93. The number of allylic oxidation sites excluding steroid dienone is 1. The van der Waals surface area contributed by atoms with Crippen LogP contribution in [0.25, 0.3) is 16.8 Å². The zero-order valence-corrected chi connectivity index (χ0v) is 9.01. The Morgan fingerprint density at radius 2 is 2.06 bits per heavy atom. The fourth-order valence-electron chi connectivity index (χ4n) is 1.27. The molecular formula is C12H12N4. The van der Waals surface area contributed by atoms with Gasteiger partial charge in [0.1, 0.15) is 5.82 Å². The van der Waals surface area contributed by atoms with Crippen molar-refractivity contribution in [3.63, 3.8) is 0 Å². The summed E-state index contributed by atoms with van der Waals surface area (Å²) in [6.45, 7) is 5.73. The van der Waals surface area contributed by atoms with E-state index in [1.807, 2.05) is 13.0 Å². The Morgan fingerprint density at radius 3 is 2.69 bits per heavy atom. The Labute approximate surface area is 93.9 Å². The van der Waals surface area contributed by atoms with E-state index in [1.165, 1.54) is 0 Å². The summed E-state index contributed by atoms with van der Waals surface area (Å²) >= 11 is 0. The quantitative estimate of drug-likeness (QED) is 0.828. The first-order valence-corrected chi connectivity index (χ1v) is 4.86. The van der Waals surface area contributed by atoms with Gasteiger partial charge in [-0.15, -0.1) is 0 Å². The normalized spacial score (nSPS) is 10.1. The lowest BCUT2D eigenvalue weighted by Gasteiger charge is -2.03. The van der Waals surface area contributed by atoms with Gasteiger partial charge in [0.05, 0.1) is 23.8 Å². The summed E-state index contributed by atoms with van der Waals surface area (Å²) < 4.78 is 0. The second-order valence-electron chi connectivity index (χ2n) is 3.54. The maximum absolute atomic E-state index is 5.52. The maximum atomic E-state index is 5.52. The summed E-state index contributed by atoms with van der Waals surface area (Å²) in [5.41, 5.74) is 8.86. The maximum Gasteiger partial charge on any atom is 0.123 e. The van der Waals surface area contributed by atoms with Crippen molar-refractivity contribution in [2.45, 2.75) is 6.92 Å². The van der Waals surface area contributed by atoms with E-state index >= 15 is 0 Å². The Balaban J connectivity index is 2.44. The van der Waals surface area contributed by atoms with Crippen LogP contribution in [0.15, 0.2) is 37.3 Å². The molecule has 2 aromatic rings. The van der Waals surface area contributed by atoms with Crippen molar-refractivity contribution in [2.24, 2.45) is 0 Å². The van der Waals surface area contributed by atoms with Crippen LogP contribution in [0.1, 0.15) is 12.6 Å². The molecule has 0 atom stereocenters. The lowest BCUT2D eigenvalue weighted by molar-refractivity contribution is 1.16. The predicted molar refractivity (Wildman–Crippen MR) is 64.4 cm³/mol. The van der Waals surface area contributed by atoms with E-state index in [-0.39, 0.29) is 0 Å². The second-order valence-corrected chi connectivity index (χ2v) is 3.54. The van der Waals surface area contributed by atoms with Crippen molar-refractivity contribution in [1.29, 1.82) is 0 Å². The molecule has 0 aliphatic heterocycles. The molecule has 16 heavy (non-hydrogen) atoms. The van der Waals surface area contributed by atoms with Crippen molar-refractivity contribution in [3.8, 4) is 11.3 Å². The molecule has 0 bridgehead atoms. The number of rotatable bonds is 2. The van der Waals surface area contributed by atoms with Gasteiger partial charge in [-0.05, 0) is 24.6 Å². The third-order valence-corrected chi connectivity index (χ3v) is 2.15. The third-order valence-electron chi connectivity index (χ3n) is 2.15. The zero-order chi connectivity index (χ0) is 11.5. The van der Waals surface area contributed by atoms with Crippen LogP contribution in [0.4, 0.5) is 5.82 Å². The number of anilines is 1. The van der Waals surface area contributed by atoms with Crippen LogP contribution in [-0.4, -0.2) is 15.0 Å². The Bertz CT molecular complexity index is 517. The molecule has 0 spiro atoms. The van der Waals surface area contributed by atoms with Crippen LogP contribution in [0.5, 0.6) is 0 Å². The SMILES string of the molecule is C=C(C)c1cncc(-c2ccc(N)nc2)n1. The molecule has 0 saturated heterocycles. The van der Waals surface area contributed by atoms with Crippen LogP contribution >= 0.6 is 0 Å². The van der Waals surface area contributed by atoms with Gasteiger partial charge in [-0.1, -0.05) is 6.58 Å². The highest BCUT2D eigenvalue weighted by atomic mass is 14.8. The minimum Gasteiger partial charge on any atom is -0.384 e. The minimum absolute atomic E-state index is 0.493. The summed E-state index contributed by atoms with van der Waals surface area (Å²) in [4.78, 5) is 12.6. The molecule has 4 heteroatoms. The first kappa shape index (κ1) is 10.3. The number of hydrogen-bond acceptors (Lipinski definition) is 4. The summed E-state index contributed by atoms with van der Waals surface area (Å²) in [6.07, 6.45) is 5.07. The van der Waals surface area contributed by atoms with Gasteiger partial charge in [0.25, 0.3) is 0 Å². The van der Waals surface area contributed by atoms with Gasteiger partial charge < -0.3 is 5.73 Å². The van der Waals surface area contributed by atoms with Crippen LogP contribution in [0, 0.1) is 0 Å². The van der Waals surface area contributed by atoms with Gasteiger partial charge in [-0.3, -0.25) is 4.98 Å². The van der Waals surface area contributed by atoms with E-state index in [4.69, 9.17) is 5.73 Å². The van der Waals surface area contributed by atoms with Crippen molar-refractivity contribution in [2.75, 3.05) is 5.73 Å². The van der Waals surface area contributed by atoms with E-state index in [0.29, 0.717) is 5.82 Å². The average Bonchev–Trinajstić information content (AvgIpc) is 2.30. The van der Waals surface area contributed by atoms with E-state index in [1.54, 1.807) is 24.7 Å². The summed E-state index contributed by atoms with van der Waals surface area (Å²) in [6, 6.07) is 3.61. The van der Waals surface area contributed by atoms with Crippen molar-refractivity contribution in [1.82, 2.24) is 15.0 Å². The molecule has 2 heterocycles. The summed E-state index contributed by atoms with van der Waals surface area (Å²) in [5, 5.41) is 0. The third kappa shape index (κ3) is 2.06. The molecule has 0 aliphatic carbocycles. The highest BCUT2D eigenvalue weighted by Crippen LogP contribution is 2.17. The van der Waals surface area contributed by atoms with E-state index in [9.17, 15) is 0 Å². The second kappa shape index (κ2) is 4.10. The summed E-state index contributed by atoms with van der Waals surface area (Å²) in [5.74, 6) is 0.493. The number of aromatic nitrogens is 3. The molecule has 0 radical (unpaired) electrons. The standard InChI is InChI=1S/C12H12N4/c1-8(2)10-6-14-7-11(16-10)9-3-4-12(13)15-5-9/h3-7H,1H2,2H3,(H2,13,15). The van der Waals surface area contributed by atoms with Gasteiger partial charge in [-0.25, -0.2) is 9.97 Å². The van der Waals surface area contributed by atoms with Crippen LogP contribution in [-0.2, 0) is 0 Å². The van der Waals surface area contributed by atoms with E-state index in [0.717, 1.165) is 22.5 Å².